The molecule has 4 heterocycles. The fourth-order valence-electron chi connectivity index (χ4n) is 4.84. The van der Waals surface area contributed by atoms with Crippen molar-refractivity contribution in [2.24, 2.45) is 0 Å². The lowest BCUT2D eigenvalue weighted by Gasteiger charge is -2.36. The van der Waals surface area contributed by atoms with E-state index < -0.39 is 17.6 Å². The number of amides is 2. The van der Waals surface area contributed by atoms with E-state index in [1.807, 2.05) is 26.0 Å². The Morgan fingerprint density at radius 2 is 2.00 bits per heavy atom. The number of fused-ring (bicyclic) bond motifs is 3. The van der Waals surface area contributed by atoms with E-state index in [2.05, 4.69) is 20.2 Å². The first-order chi connectivity index (χ1) is 18.2. The summed E-state index contributed by atoms with van der Waals surface area (Å²) in [6.07, 6.45) is -0.797. The van der Waals surface area contributed by atoms with E-state index in [1.165, 1.54) is 0 Å². The molecule has 2 aliphatic heterocycles. The molecule has 8 nitrogen and oxygen atoms in total. The summed E-state index contributed by atoms with van der Waals surface area (Å²) in [5.41, 5.74) is 2.56. The molecule has 1 saturated heterocycles. The Bertz CT molecular complexity index is 1390. The van der Waals surface area contributed by atoms with Crippen LogP contribution in [0.5, 0.6) is 0 Å². The van der Waals surface area contributed by atoms with E-state index in [1.54, 1.807) is 23.2 Å². The molecular weight excluding hydrogens is 499 g/mol. The molecule has 0 aliphatic carbocycles. The summed E-state index contributed by atoms with van der Waals surface area (Å²) in [4.78, 5) is 37.7. The number of halogens is 3. The largest absolute Gasteiger partial charge is 0.417 e. The van der Waals surface area contributed by atoms with Crippen LogP contribution in [0.3, 0.4) is 0 Å². The van der Waals surface area contributed by atoms with Crippen molar-refractivity contribution in [2.45, 2.75) is 32.5 Å². The maximum Gasteiger partial charge on any atom is 0.417 e. The molecule has 1 N–H and O–H groups in total. The highest BCUT2D eigenvalue weighted by Gasteiger charge is 2.35. The summed E-state index contributed by atoms with van der Waals surface area (Å²) in [6, 6.07) is 7.94. The zero-order valence-electron chi connectivity index (χ0n) is 20.9. The lowest BCUT2D eigenvalue weighted by atomic mass is 10.00. The molecule has 2 aliphatic rings. The third-order valence-corrected chi connectivity index (χ3v) is 6.80. The SMILES string of the molecule is CCN1C(=O)C[C@@H]2COCCN2c2cc(-c3cc(NC(=O)c4cncc(C(F)(F)F)c4)ccc3C)cnc21. The van der Waals surface area contributed by atoms with Crippen LogP contribution in [0.15, 0.2) is 48.9 Å². The Kier molecular flexibility index (Phi) is 6.78. The number of alkyl halides is 3. The number of rotatable bonds is 4. The van der Waals surface area contributed by atoms with Crippen molar-refractivity contribution in [3.63, 3.8) is 0 Å². The molecule has 1 atom stereocenters. The third kappa shape index (κ3) is 4.93. The standard InChI is InChI=1S/C27H26F3N5O3/c1-3-34-24(36)11-21-15-38-7-6-35(21)23-9-17(13-32-25(23)34)22-10-20(5-4-16(22)2)33-26(37)18-8-19(14-31-12-18)27(28,29)30/h4-5,8-10,12-14,21H,3,6-7,11,15H2,1-2H3,(H,33,37)/t21-/m1/s1. The number of nitrogens with one attached hydrogen (secondary N) is 1. The van der Waals surface area contributed by atoms with Gasteiger partial charge in [0.15, 0.2) is 5.82 Å². The molecule has 0 saturated carbocycles. The Morgan fingerprint density at radius 1 is 1.18 bits per heavy atom. The second-order valence-electron chi connectivity index (χ2n) is 9.27. The highest BCUT2D eigenvalue weighted by atomic mass is 19.4. The lowest BCUT2D eigenvalue weighted by molar-refractivity contribution is -0.137. The first kappa shape index (κ1) is 25.7. The summed E-state index contributed by atoms with van der Waals surface area (Å²) in [5, 5.41) is 2.67. The number of hydrogen-bond donors (Lipinski definition) is 1. The predicted octanol–water partition coefficient (Wildman–Crippen LogP) is 4.68. The van der Waals surface area contributed by atoms with E-state index in [-0.39, 0.29) is 17.5 Å². The second-order valence-corrected chi connectivity index (χ2v) is 9.27. The Morgan fingerprint density at radius 3 is 2.76 bits per heavy atom. The minimum Gasteiger partial charge on any atom is -0.377 e. The van der Waals surface area contributed by atoms with Crippen molar-refractivity contribution < 1.29 is 27.5 Å². The van der Waals surface area contributed by atoms with Gasteiger partial charge < -0.3 is 15.0 Å². The molecular formula is C27H26F3N5O3. The highest BCUT2D eigenvalue weighted by Crippen LogP contribution is 2.38. The zero-order chi connectivity index (χ0) is 27.0. The van der Waals surface area contributed by atoms with Gasteiger partial charge in [-0.3, -0.25) is 19.5 Å². The summed E-state index contributed by atoms with van der Waals surface area (Å²) in [6.45, 7) is 5.96. The summed E-state index contributed by atoms with van der Waals surface area (Å²) in [5.74, 6) is -0.103. The van der Waals surface area contributed by atoms with Gasteiger partial charge in [0, 0.05) is 49.4 Å². The van der Waals surface area contributed by atoms with Gasteiger partial charge in [0.05, 0.1) is 36.1 Å². The van der Waals surface area contributed by atoms with Crippen LogP contribution in [0.4, 0.5) is 30.4 Å². The molecule has 38 heavy (non-hydrogen) atoms. The monoisotopic (exact) mass is 525 g/mol. The van der Waals surface area contributed by atoms with E-state index >= 15 is 0 Å². The van der Waals surface area contributed by atoms with Gasteiger partial charge in [0.1, 0.15) is 0 Å². The van der Waals surface area contributed by atoms with Crippen molar-refractivity contribution in [1.82, 2.24) is 9.97 Å². The third-order valence-electron chi connectivity index (χ3n) is 6.80. The van der Waals surface area contributed by atoms with Crippen LogP contribution >= 0.6 is 0 Å². The zero-order valence-corrected chi connectivity index (χ0v) is 20.9. The molecule has 0 radical (unpaired) electrons. The van der Waals surface area contributed by atoms with Crippen molar-refractivity contribution >= 4 is 29.0 Å². The first-order valence-corrected chi connectivity index (χ1v) is 12.2. The van der Waals surface area contributed by atoms with Gasteiger partial charge in [-0.1, -0.05) is 6.07 Å². The van der Waals surface area contributed by atoms with Crippen LogP contribution in [0.1, 0.15) is 34.8 Å². The molecule has 1 aromatic carbocycles. The number of carbonyl (C=O) groups is 2. The summed E-state index contributed by atoms with van der Waals surface area (Å²) >= 11 is 0. The molecule has 2 aromatic heterocycles. The predicted molar refractivity (Wildman–Crippen MR) is 136 cm³/mol. The van der Waals surface area contributed by atoms with Gasteiger partial charge in [-0.05, 0) is 49.2 Å². The molecule has 198 valence electrons. The highest BCUT2D eigenvalue weighted by molar-refractivity contribution is 6.04. The van der Waals surface area contributed by atoms with E-state index in [9.17, 15) is 22.8 Å². The van der Waals surface area contributed by atoms with Crippen molar-refractivity contribution in [1.29, 1.82) is 0 Å². The Balaban J connectivity index is 1.48. The average molecular weight is 526 g/mol. The number of carbonyl (C=O) groups excluding carboxylic acids is 2. The number of nitrogens with zero attached hydrogens (tertiary/aromatic N) is 4. The minimum atomic E-state index is -4.60. The van der Waals surface area contributed by atoms with Crippen LogP contribution in [0.2, 0.25) is 0 Å². The maximum absolute atomic E-state index is 13.1. The van der Waals surface area contributed by atoms with Gasteiger partial charge in [-0.15, -0.1) is 0 Å². The minimum absolute atomic E-state index is 0.00280. The fraction of sp³-hybridized carbons (Fsp3) is 0.333. The molecule has 0 spiro atoms. The molecule has 2 amide bonds. The van der Waals surface area contributed by atoms with E-state index in [4.69, 9.17) is 4.74 Å². The average Bonchev–Trinajstić information content (AvgIpc) is 3.02. The molecule has 0 unspecified atom stereocenters. The smallest absolute Gasteiger partial charge is 0.377 e. The number of aromatic nitrogens is 2. The van der Waals surface area contributed by atoms with E-state index in [0.29, 0.717) is 50.4 Å². The van der Waals surface area contributed by atoms with Gasteiger partial charge in [-0.25, -0.2) is 4.98 Å². The summed E-state index contributed by atoms with van der Waals surface area (Å²) < 4.78 is 44.8. The van der Waals surface area contributed by atoms with Crippen LogP contribution in [-0.4, -0.2) is 54.1 Å². The van der Waals surface area contributed by atoms with Gasteiger partial charge in [0.25, 0.3) is 5.91 Å². The number of morpholine rings is 1. The summed E-state index contributed by atoms with van der Waals surface area (Å²) in [7, 11) is 0. The number of hydrogen-bond acceptors (Lipinski definition) is 6. The quantitative estimate of drug-likeness (QED) is 0.532. The molecule has 5 rings (SSSR count). The first-order valence-electron chi connectivity index (χ1n) is 12.2. The fourth-order valence-corrected chi connectivity index (χ4v) is 4.84. The van der Waals surface area contributed by atoms with Crippen LogP contribution in [0.25, 0.3) is 11.1 Å². The maximum atomic E-state index is 13.1. The van der Waals surface area contributed by atoms with Gasteiger partial charge in [0.2, 0.25) is 5.91 Å². The lowest BCUT2D eigenvalue weighted by Crippen LogP contribution is -2.46. The topological polar surface area (TPSA) is 87.7 Å². The molecule has 0 bridgehead atoms. The molecule has 3 aromatic rings. The molecule has 1 fully saturated rings. The van der Waals surface area contributed by atoms with Gasteiger partial charge >= 0.3 is 6.18 Å². The van der Waals surface area contributed by atoms with Crippen molar-refractivity contribution in [3.05, 3.63) is 65.6 Å². The Labute approximate surface area is 217 Å². The van der Waals surface area contributed by atoms with E-state index in [0.717, 1.165) is 34.6 Å². The number of benzene rings is 1. The number of aryl methyl sites for hydroxylation is 1. The van der Waals surface area contributed by atoms with Crippen LogP contribution in [0, 0.1) is 6.92 Å². The number of ether oxygens (including phenoxy) is 1. The van der Waals surface area contributed by atoms with Crippen LogP contribution < -0.4 is 15.1 Å². The normalized spacial score (nSPS) is 17.5. The van der Waals surface area contributed by atoms with Crippen molar-refractivity contribution in [3.8, 4) is 11.1 Å². The van der Waals surface area contributed by atoms with Gasteiger partial charge in [-0.2, -0.15) is 13.2 Å². The molecule has 11 heteroatoms. The van der Waals surface area contributed by atoms with Crippen molar-refractivity contribution in [2.75, 3.05) is 41.4 Å². The number of pyridine rings is 2. The number of anilines is 3. The second kappa shape index (κ2) is 10.1. The Hall–Kier alpha value is -3.99. The van der Waals surface area contributed by atoms with Crippen LogP contribution in [-0.2, 0) is 15.7 Å².